The van der Waals surface area contributed by atoms with Crippen molar-refractivity contribution in [2.45, 2.75) is 0 Å². The van der Waals surface area contributed by atoms with Gasteiger partial charge in [0.05, 0.1) is 17.2 Å². The van der Waals surface area contributed by atoms with E-state index in [9.17, 15) is 19.1 Å². The van der Waals surface area contributed by atoms with E-state index < -0.39 is 17.6 Å². The van der Waals surface area contributed by atoms with Gasteiger partial charge in [-0.05, 0) is 46.3 Å². The summed E-state index contributed by atoms with van der Waals surface area (Å²) in [5.74, 6) is -1.72. The van der Waals surface area contributed by atoms with Crippen molar-refractivity contribution in [3.8, 4) is 5.75 Å². The second-order valence-electron chi connectivity index (χ2n) is 4.81. The molecule has 25 heavy (non-hydrogen) atoms. The van der Waals surface area contributed by atoms with Gasteiger partial charge in [-0.15, -0.1) is 0 Å². The fraction of sp³-hybridized carbons (Fsp3) is 0.0625. The molecule has 0 aliphatic rings. The van der Waals surface area contributed by atoms with E-state index in [-0.39, 0.29) is 17.9 Å². The predicted molar refractivity (Wildman–Crippen MR) is 98.0 cm³/mol. The molecule has 3 N–H and O–H groups in total. The van der Waals surface area contributed by atoms with Crippen LogP contribution in [0.2, 0.25) is 0 Å². The van der Waals surface area contributed by atoms with E-state index in [1.807, 2.05) is 0 Å². The van der Waals surface area contributed by atoms with Crippen molar-refractivity contribution < 1.29 is 19.1 Å². The van der Waals surface area contributed by atoms with E-state index in [2.05, 4.69) is 47.7 Å². The molecular weight excluding hydrogens is 461 g/mol. The molecule has 0 aromatic heterocycles. The Kier molecular flexibility index (Phi) is 6.65. The third kappa shape index (κ3) is 5.64. The minimum atomic E-state index is -0.577. The number of rotatable bonds is 5. The van der Waals surface area contributed by atoms with Crippen molar-refractivity contribution >= 4 is 49.9 Å². The summed E-state index contributed by atoms with van der Waals surface area (Å²) >= 11 is 6.45. The zero-order chi connectivity index (χ0) is 18.4. The number of hydrogen-bond acceptors (Lipinski definition) is 4. The second-order valence-corrected chi connectivity index (χ2v) is 6.58. The largest absolute Gasteiger partial charge is 0.506 e. The molecule has 2 amide bonds. The van der Waals surface area contributed by atoms with Gasteiger partial charge in [-0.25, -0.2) is 9.82 Å². The number of nitrogens with zero attached hydrogens (tertiary/aromatic N) is 1. The summed E-state index contributed by atoms with van der Waals surface area (Å²) in [5, 5.41) is 15.9. The number of hydrogen-bond donors (Lipinski definition) is 3. The van der Waals surface area contributed by atoms with Crippen LogP contribution in [0.4, 0.5) is 4.39 Å². The lowest BCUT2D eigenvalue weighted by atomic mass is 10.2. The van der Waals surface area contributed by atoms with Crippen molar-refractivity contribution in [1.29, 1.82) is 0 Å². The molecule has 2 aromatic rings. The summed E-state index contributed by atoms with van der Waals surface area (Å²) in [6, 6.07) is 8.39. The smallest absolute Gasteiger partial charge is 0.259 e. The zero-order valence-corrected chi connectivity index (χ0v) is 15.8. The van der Waals surface area contributed by atoms with Crippen LogP contribution in [-0.2, 0) is 4.79 Å². The van der Waals surface area contributed by atoms with Crippen molar-refractivity contribution in [2.75, 3.05) is 6.54 Å². The van der Waals surface area contributed by atoms with Gasteiger partial charge in [-0.3, -0.25) is 9.59 Å². The van der Waals surface area contributed by atoms with Crippen molar-refractivity contribution in [3.63, 3.8) is 0 Å². The summed E-state index contributed by atoms with van der Waals surface area (Å²) in [4.78, 5) is 23.4. The Labute approximate surface area is 159 Å². The number of aromatic hydroxyl groups is 1. The van der Waals surface area contributed by atoms with Gasteiger partial charge in [0.2, 0.25) is 0 Å². The standard InChI is InChI=1S/C16H12Br2FN3O3/c17-11-4-10(15(24)13(18)6-11)7-21-22-14(23)8-20-16(25)9-2-1-3-12(19)5-9/h1-7,24H,8H2,(H,20,25)(H,22,23)/b21-7-. The van der Waals surface area contributed by atoms with Crippen molar-refractivity contribution in [2.24, 2.45) is 5.10 Å². The molecule has 0 fully saturated rings. The van der Waals surface area contributed by atoms with E-state index in [0.29, 0.717) is 14.5 Å². The molecule has 0 aliphatic carbocycles. The molecule has 0 radical (unpaired) electrons. The Balaban J connectivity index is 1.88. The maximum absolute atomic E-state index is 13.0. The van der Waals surface area contributed by atoms with E-state index in [4.69, 9.17) is 0 Å². The maximum atomic E-state index is 13.0. The number of carbonyl (C=O) groups excluding carboxylic acids is 2. The lowest BCUT2D eigenvalue weighted by Gasteiger charge is -2.05. The average molecular weight is 473 g/mol. The molecule has 6 nitrogen and oxygen atoms in total. The SMILES string of the molecule is O=C(CNC(=O)c1cccc(F)c1)N/N=C\c1cc(Br)cc(Br)c1O. The highest BCUT2D eigenvalue weighted by Crippen LogP contribution is 2.30. The van der Waals surface area contributed by atoms with Crippen LogP contribution in [0.15, 0.2) is 50.4 Å². The second kappa shape index (κ2) is 8.72. The lowest BCUT2D eigenvalue weighted by Crippen LogP contribution is -2.34. The minimum Gasteiger partial charge on any atom is -0.506 e. The monoisotopic (exact) mass is 471 g/mol. The van der Waals surface area contributed by atoms with E-state index >= 15 is 0 Å². The van der Waals surface area contributed by atoms with E-state index in [0.717, 1.165) is 6.07 Å². The normalized spacial score (nSPS) is 10.7. The summed E-state index contributed by atoms with van der Waals surface area (Å²) < 4.78 is 14.2. The van der Waals surface area contributed by atoms with Crippen LogP contribution in [0, 0.1) is 5.82 Å². The Morgan fingerprint density at radius 1 is 1.24 bits per heavy atom. The van der Waals surface area contributed by atoms with Gasteiger partial charge in [-0.2, -0.15) is 5.10 Å². The Hall–Kier alpha value is -2.26. The Morgan fingerprint density at radius 3 is 2.72 bits per heavy atom. The van der Waals surface area contributed by atoms with Crippen LogP contribution in [0.3, 0.4) is 0 Å². The summed E-state index contributed by atoms with van der Waals surface area (Å²) in [6.45, 7) is -0.332. The number of phenolic OH excluding ortho intramolecular Hbond substituents is 1. The minimum absolute atomic E-state index is 0.0272. The third-order valence-corrected chi connectivity index (χ3v) is 4.01. The first-order valence-corrected chi connectivity index (χ1v) is 8.49. The predicted octanol–water partition coefficient (Wildman–Crippen LogP) is 2.94. The number of halogens is 3. The summed E-state index contributed by atoms with van der Waals surface area (Å²) in [5.41, 5.74) is 2.71. The lowest BCUT2D eigenvalue weighted by molar-refractivity contribution is -0.120. The van der Waals surface area contributed by atoms with Crippen LogP contribution in [-0.4, -0.2) is 29.7 Å². The molecule has 0 atom stereocenters. The first-order valence-electron chi connectivity index (χ1n) is 6.90. The van der Waals surface area contributed by atoms with Crippen LogP contribution in [0.5, 0.6) is 5.75 Å². The topological polar surface area (TPSA) is 90.8 Å². The Morgan fingerprint density at radius 2 is 2.00 bits per heavy atom. The highest BCUT2D eigenvalue weighted by atomic mass is 79.9. The Bertz CT molecular complexity index is 843. The van der Waals surface area contributed by atoms with Crippen molar-refractivity contribution in [3.05, 3.63) is 62.3 Å². The number of benzene rings is 2. The quantitative estimate of drug-likeness (QED) is 0.461. The van der Waals surface area contributed by atoms with Crippen LogP contribution in [0.1, 0.15) is 15.9 Å². The molecule has 2 aromatic carbocycles. The molecule has 2 rings (SSSR count). The van der Waals surface area contributed by atoms with Crippen LogP contribution >= 0.6 is 31.9 Å². The molecular formula is C16H12Br2FN3O3. The van der Waals surface area contributed by atoms with Gasteiger partial charge in [0.15, 0.2) is 0 Å². The molecule has 0 spiro atoms. The van der Waals surface area contributed by atoms with Gasteiger partial charge in [0, 0.05) is 15.6 Å². The first-order chi connectivity index (χ1) is 11.9. The molecule has 0 unspecified atom stereocenters. The molecule has 9 heteroatoms. The third-order valence-electron chi connectivity index (χ3n) is 2.95. The number of amides is 2. The van der Waals surface area contributed by atoms with Crippen LogP contribution < -0.4 is 10.7 Å². The molecule has 0 aliphatic heterocycles. The van der Waals surface area contributed by atoms with Crippen molar-refractivity contribution in [1.82, 2.24) is 10.7 Å². The first kappa shape index (κ1) is 19.1. The fourth-order valence-corrected chi connectivity index (χ4v) is 3.05. The van der Waals surface area contributed by atoms with E-state index in [1.54, 1.807) is 12.1 Å². The highest BCUT2D eigenvalue weighted by Gasteiger charge is 2.09. The molecule has 130 valence electrons. The van der Waals surface area contributed by atoms with Gasteiger partial charge in [0.25, 0.3) is 11.8 Å². The van der Waals surface area contributed by atoms with Gasteiger partial charge >= 0.3 is 0 Å². The zero-order valence-electron chi connectivity index (χ0n) is 12.6. The maximum Gasteiger partial charge on any atom is 0.259 e. The van der Waals surface area contributed by atoms with Gasteiger partial charge in [0.1, 0.15) is 11.6 Å². The number of hydrazone groups is 1. The summed E-state index contributed by atoms with van der Waals surface area (Å²) in [6.07, 6.45) is 1.26. The van der Waals surface area contributed by atoms with E-state index in [1.165, 1.54) is 24.4 Å². The average Bonchev–Trinajstić information content (AvgIpc) is 2.57. The fourth-order valence-electron chi connectivity index (χ4n) is 1.79. The molecule has 0 heterocycles. The summed E-state index contributed by atoms with van der Waals surface area (Å²) in [7, 11) is 0. The number of carbonyl (C=O) groups is 2. The molecule has 0 bridgehead atoms. The van der Waals surface area contributed by atoms with Crippen LogP contribution in [0.25, 0.3) is 0 Å². The molecule has 0 saturated heterocycles. The number of nitrogens with one attached hydrogen (secondary N) is 2. The van der Waals surface area contributed by atoms with Gasteiger partial charge in [-0.1, -0.05) is 22.0 Å². The number of phenols is 1. The molecule has 0 saturated carbocycles. The van der Waals surface area contributed by atoms with Gasteiger partial charge < -0.3 is 10.4 Å². The highest BCUT2D eigenvalue weighted by molar-refractivity contribution is 9.11.